The minimum atomic E-state index is 0.372. The predicted octanol–water partition coefficient (Wildman–Crippen LogP) is 2.43. The van der Waals surface area contributed by atoms with Crippen LogP contribution in [-0.2, 0) is 17.7 Å². The van der Waals surface area contributed by atoms with Crippen molar-refractivity contribution >= 4 is 0 Å². The highest BCUT2D eigenvalue weighted by Crippen LogP contribution is 2.35. The lowest BCUT2D eigenvalue weighted by atomic mass is 10.0. The van der Waals surface area contributed by atoms with Gasteiger partial charge in [0, 0.05) is 25.7 Å². The summed E-state index contributed by atoms with van der Waals surface area (Å²) in [5.41, 5.74) is 2.08. The molecule has 0 amide bonds. The largest absolute Gasteiger partial charge is 0.382 e. The first-order valence-corrected chi connectivity index (χ1v) is 7.23. The second-order valence-corrected chi connectivity index (χ2v) is 5.01. The molecule has 0 saturated heterocycles. The zero-order valence-electron chi connectivity index (χ0n) is 11.6. The first-order valence-electron chi connectivity index (χ1n) is 7.23. The number of hydrogen-bond acceptors (Lipinski definition) is 4. The van der Waals surface area contributed by atoms with Crippen LogP contribution in [0.1, 0.15) is 56.3 Å². The molecule has 1 fully saturated rings. The second-order valence-electron chi connectivity index (χ2n) is 5.01. The maximum atomic E-state index is 8.90. The molecule has 0 aliphatic heterocycles. The van der Waals surface area contributed by atoms with Gasteiger partial charge in [0.2, 0.25) is 0 Å². The van der Waals surface area contributed by atoms with Gasteiger partial charge in [0.15, 0.2) is 0 Å². The van der Waals surface area contributed by atoms with Gasteiger partial charge in [0.1, 0.15) is 5.69 Å². The number of ether oxygens (including phenoxy) is 1. The third kappa shape index (κ3) is 3.54. The zero-order valence-corrected chi connectivity index (χ0v) is 11.6. The van der Waals surface area contributed by atoms with Crippen LogP contribution in [0.4, 0.5) is 0 Å². The fraction of sp³-hybridized carbons (Fsp3) is 0.786. The lowest BCUT2D eigenvalue weighted by Crippen LogP contribution is -2.11. The van der Waals surface area contributed by atoms with Crippen molar-refractivity contribution in [3.8, 4) is 6.07 Å². The number of rotatable bonds is 7. The number of nitrogens with zero attached hydrogens (tertiary/aromatic N) is 4. The molecule has 104 valence electrons. The van der Waals surface area contributed by atoms with E-state index in [9.17, 15) is 0 Å². The van der Waals surface area contributed by atoms with E-state index in [0.717, 1.165) is 31.9 Å². The van der Waals surface area contributed by atoms with Crippen molar-refractivity contribution in [3.63, 3.8) is 0 Å². The summed E-state index contributed by atoms with van der Waals surface area (Å²) in [5.74, 6) is 0.547. The van der Waals surface area contributed by atoms with Crippen LogP contribution in [0.5, 0.6) is 0 Å². The van der Waals surface area contributed by atoms with Gasteiger partial charge >= 0.3 is 0 Å². The quantitative estimate of drug-likeness (QED) is 0.708. The Balaban J connectivity index is 2.06. The summed E-state index contributed by atoms with van der Waals surface area (Å²) in [7, 11) is 0. The highest BCUT2D eigenvalue weighted by Gasteiger charge is 2.25. The van der Waals surface area contributed by atoms with Gasteiger partial charge < -0.3 is 4.74 Å². The molecular weight excluding hydrogens is 240 g/mol. The molecule has 1 saturated carbocycles. The highest BCUT2D eigenvalue weighted by atomic mass is 16.5. The standard InChI is InChI=1S/C14H22N4O/c1-2-19-11-5-10-18-14(12-6-3-4-7-12)13(8-9-15)16-17-18/h12H,2-8,10-11H2,1H3. The van der Waals surface area contributed by atoms with Crippen molar-refractivity contribution in [1.29, 1.82) is 5.26 Å². The molecule has 1 aromatic rings. The summed E-state index contributed by atoms with van der Waals surface area (Å²) >= 11 is 0. The van der Waals surface area contributed by atoms with Crippen molar-refractivity contribution in [2.75, 3.05) is 13.2 Å². The summed E-state index contributed by atoms with van der Waals surface area (Å²) in [6, 6.07) is 2.20. The average Bonchev–Trinajstić information content (AvgIpc) is 3.04. The van der Waals surface area contributed by atoms with Gasteiger partial charge in [-0.1, -0.05) is 18.1 Å². The van der Waals surface area contributed by atoms with Crippen LogP contribution in [0.15, 0.2) is 0 Å². The van der Waals surface area contributed by atoms with E-state index in [1.807, 2.05) is 11.6 Å². The molecule has 0 atom stereocenters. The van der Waals surface area contributed by atoms with Crippen molar-refractivity contribution in [3.05, 3.63) is 11.4 Å². The van der Waals surface area contributed by atoms with Crippen LogP contribution >= 0.6 is 0 Å². The third-order valence-electron chi connectivity index (χ3n) is 3.70. The first-order chi connectivity index (χ1) is 9.36. The smallest absolute Gasteiger partial charge is 0.100 e. The Bertz CT molecular complexity index is 429. The first kappa shape index (κ1) is 14.0. The molecule has 2 rings (SSSR count). The molecule has 0 radical (unpaired) electrons. The fourth-order valence-electron chi connectivity index (χ4n) is 2.83. The van der Waals surface area contributed by atoms with Crippen LogP contribution in [0.2, 0.25) is 0 Å². The van der Waals surface area contributed by atoms with Gasteiger partial charge in [0.25, 0.3) is 0 Å². The Morgan fingerprint density at radius 1 is 1.42 bits per heavy atom. The molecule has 0 aromatic carbocycles. The van der Waals surface area contributed by atoms with E-state index < -0.39 is 0 Å². The molecule has 1 heterocycles. The topological polar surface area (TPSA) is 63.7 Å². The molecule has 1 aromatic heterocycles. The van der Waals surface area contributed by atoms with Crippen molar-refractivity contribution < 1.29 is 4.74 Å². The number of aromatic nitrogens is 3. The monoisotopic (exact) mass is 262 g/mol. The van der Waals surface area contributed by atoms with Gasteiger partial charge in [-0.3, -0.25) is 0 Å². The summed E-state index contributed by atoms with van der Waals surface area (Å²) in [6.07, 6.45) is 6.29. The van der Waals surface area contributed by atoms with Crippen molar-refractivity contribution in [2.45, 2.75) is 57.9 Å². The molecule has 1 aliphatic carbocycles. The Hall–Kier alpha value is -1.41. The van der Waals surface area contributed by atoms with E-state index in [2.05, 4.69) is 16.4 Å². The maximum Gasteiger partial charge on any atom is 0.100 e. The maximum absolute atomic E-state index is 8.90. The van der Waals surface area contributed by atoms with Crippen molar-refractivity contribution in [2.24, 2.45) is 0 Å². The van der Waals surface area contributed by atoms with Gasteiger partial charge in [-0.05, 0) is 26.2 Å². The van der Waals surface area contributed by atoms with Gasteiger partial charge in [-0.25, -0.2) is 4.68 Å². The minimum Gasteiger partial charge on any atom is -0.382 e. The van der Waals surface area contributed by atoms with E-state index >= 15 is 0 Å². The van der Waals surface area contributed by atoms with Crippen LogP contribution in [-0.4, -0.2) is 28.2 Å². The van der Waals surface area contributed by atoms with Gasteiger partial charge in [0.05, 0.1) is 18.2 Å². The Kier molecular flexibility index (Phi) is 5.34. The van der Waals surface area contributed by atoms with E-state index in [4.69, 9.17) is 10.00 Å². The molecule has 1 aliphatic rings. The predicted molar refractivity (Wildman–Crippen MR) is 71.7 cm³/mol. The fourth-order valence-corrected chi connectivity index (χ4v) is 2.83. The van der Waals surface area contributed by atoms with Crippen LogP contribution in [0, 0.1) is 11.3 Å². The van der Waals surface area contributed by atoms with Crippen LogP contribution < -0.4 is 0 Å². The molecule has 5 nitrogen and oxygen atoms in total. The number of nitriles is 1. The number of hydrogen-bond donors (Lipinski definition) is 0. The molecule has 0 bridgehead atoms. The average molecular weight is 262 g/mol. The van der Waals surface area contributed by atoms with E-state index in [1.54, 1.807) is 0 Å². The molecule has 19 heavy (non-hydrogen) atoms. The van der Waals surface area contributed by atoms with Crippen LogP contribution in [0.3, 0.4) is 0 Å². The van der Waals surface area contributed by atoms with E-state index in [-0.39, 0.29) is 0 Å². The molecular formula is C14H22N4O. The second kappa shape index (κ2) is 7.25. The molecule has 5 heteroatoms. The lowest BCUT2D eigenvalue weighted by molar-refractivity contribution is 0.140. The third-order valence-corrected chi connectivity index (χ3v) is 3.70. The number of aryl methyl sites for hydroxylation is 1. The Morgan fingerprint density at radius 2 is 2.21 bits per heavy atom. The van der Waals surface area contributed by atoms with Crippen molar-refractivity contribution in [1.82, 2.24) is 15.0 Å². The van der Waals surface area contributed by atoms with E-state index in [0.29, 0.717) is 12.3 Å². The summed E-state index contributed by atoms with van der Waals surface area (Å²) in [5, 5.41) is 17.3. The molecule has 0 unspecified atom stereocenters. The normalized spacial score (nSPS) is 15.8. The Labute approximate surface area is 114 Å². The van der Waals surface area contributed by atoms with E-state index in [1.165, 1.54) is 31.4 Å². The lowest BCUT2D eigenvalue weighted by Gasteiger charge is -2.13. The summed E-state index contributed by atoms with van der Waals surface area (Å²) in [4.78, 5) is 0. The molecule has 0 N–H and O–H groups in total. The van der Waals surface area contributed by atoms with Crippen LogP contribution in [0.25, 0.3) is 0 Å². The highest BCUT2D eigenvalue weighted by molar-refractivity contribution is 5.19. The van der Waals surface area contributed by atoms with Gasteiger partial charge in [-0.2, -0.15) is 5.26 Å². The summed E-state index contributed by atoms with van der Waals surface area (Å²) < 4.78 is 7.36. The minimum absolute atomic E-state index is 0.372. The zero-order chi connectivity index (χ0) is 13.5. The molecule has 0 spiro atoms. The van der Waals surface area contributed by atoms with Gasteiger partial charge in [-0.15, -0.1) is 5.10 Å². The Morgan fingerprint density at radius 3 is 2.89 bits per heavy atom. The SMILES string of the molecule is CCOCCCn1nnc(CC#N)c1C1CCCC1. The summed E-state index contributed by atoms with van der Waals surface area (Å²) in [6.45, 7) is 4.36.